The molecule has 0 aliphatic rings. The number of halogens is 3. The van der Waals surface area contributed by atoms with Crippen LogP contribution in [0.2, 0.25) is 0 Å². The standard InChI is InChI=1S/C13H21BrI2O2/c1-2-3-4-5-6-7-8-9-12(17)18-10-11(15)13(14)16/h2-10H2,1H3. The van der Waals surface area contributed by atoms with Crippen LogP contribution in [-0.2, 0) is 9.53 Å². The molecule has 0 rings (SSSR count). The Morgan fingerprint density at radius 3 is 2.17 bits per heavy atom. The van der Waals surface area contributed by atoms with E-state index in [1.165, 1.54) is 32.1 Å². The molecule has 0 heterocycles. The Kier molecular flexibility index (Phi) is 14.0. The van der Waals surface area contributed by atoms with E-state index in [2.05, 4.69) is 68.0 Å². The normalized spacial score (nSPS) is 12.2. The van der Waals surface area contributed by atoms with Gasteiger partial charge in [0.05, 0.1) is 2.49 Å². The summed E-state index contributed by atoms with van der Waals surface area (Å²) in [6.07, 6.45) is 9.13. The van der Waals surface area contributed by atoms with Crippen LogP contribution in [0.25, 0.3) is 0 Å². The Hall–Kier alpha value is 1.15. The quantitative estimate of drug-likeness (QED) is 0.189. The highest BCUT2D eigenvalue weighted by Crippen LogP contribution is 2.24. The van der Waals surface area contributed by atoms with Gasteiger partial charge in [-0.3, -0.25) is 4.79 Å². The third-order valence-electron chi connectivity index (χ3n) is 2.55. The Morgan fingerprint density at radius 1 is 1.06 bits per heavy atom. The number of rotatable bonds is 10. The Balaban J connectivity index is 3.41. The number of ether oxygens (including phenoxy) is 1. The lowest BCUT2D eigenvalue weighted by Crippen LogP contribution is -2.05. The minimum absolute atomic E-state index is 0.0807. The molecule has 2 nitrogen and oxygen atoms in total. The van der Waals surface area contributed by atoms with Crippen molar-refractivity contribution < 1.29 is 9.53 Å². The van der Waals surface area contributed by atoms with Gasteiger partial charge in [-0.1, -0.05) is 45.4 Å². The van der Waals surface area contributed by atoms with Crippen molar-refractivity contribution in [1.29, 1.82) is 0 Å². The predicted octanol–water partition coefficient (Wildman–Crippen LogP) is 6.10. The van der Waals surface area contributed by atoms with Crippen molar-refractivity contribution in [3.05, 3.63) is 6.07 Å². The van der Waals surface area contributed by atoms with Crippen LogP contribution in [-0.4, -0.2) is 12.6 Å². The number of unbranched alkanes of at least 4 members (excludes halogenated alkanes) is 6. The third kappa shape index (κ3) is 12.2. The Morgan fingerprint density at radius 2 is 1.61 bits per heavy atom. The largest absolute Gasteiger partial charge is 0.460 e. The van der Waals surface area contributed by atoms with Crippen LogP contribution in [0, 0.1) is 0 Å². The zero-order chi connectivity index (χ0) is 13.8. The van der Waals surface area contributed by atoms with Gasteiger partial charge < -0.3 is 4.74 Å². The maximum atomic E-state index is 11.4. The number of esters is 1. The fourth-order valence-electron chi connectivity index (χ4n) is 1.50. The van der Waals surface area contributed by atoms with Gasteiger partial charge in [0.2, 0.25) is 0 Å². The summed E-state index contributed by atoms with van der Waals surface area (Å²) in [6, 6.07) is 0. The SMILES string of the molecule is CCCCCCCCCC(=O)OCC(I)=C(Br)I. The molecule has 0 bridgehead atoms. The number of hydrogen-bond donors (Lipinski definition) is 0. The van der Waals surface area contributed by atoms with Crippen LogP contribution in [0.3, 0.4) is 0 Å². The van der Waals surface area contributed by atoms with Crippen LogP contribution in [0.15, 0.2) is 6.07 Å². The summed E-state index contributed by atoms with van der Waals surface area (Å²) < 4.78 is 7.20. The molecule has 0 atom stereocenters. The topological polar surface area (TPSA) is 26.3 Å². The summed E-state index contributed by atoms with van der Waals surface area (Å²) >= 11 is 7.69. The summed E-state index contributed by atoms with van der Waals surface area (Å²) in [6.45, 7) is 2.61. The van der Waals surface area contributed by atoms with Crippen LogP contribution in [0.1, 0.15) is 58.3 Å². The van der Waals surface area contributed by atoms with Gasteiger partial charge in [0.25, 0.3) is 0 Å². The molecule has 0 unspecified atom stereocenters. The van der Waals surface area contributed by atoms with Crippen LogP contribution in [0.4, 0.5) is 0 Å². The number of carbonyl (C=O) groups is 1. The van der Waals surface area contributed by atoms with E-state index in [4.69, 9.17) is 4.74 Å². The lowest BCUT2D eigenvalue weighted by Gasteiger charge is -2.04. The second-order valence-electron chi connectivity index (χ2n) is 4.20. The van der Waals surface area contributed by atoms with E-state index in [0.717, 1.165) is 18.9 Å². The van der Waals surface area contributed by atoms with Gasteiger partial charge in [-0.2, -0.15) is 0 Å². The average molecular weight is 543 g/mol. The highest BCUT2D eigenvalue weighted by molar-refractivity contribution is 14.1. The first-order valence-corrected chi connectivity index (χ1v) is 9.38. The first kappa shape index (κ1) is 19.1. The molecule has 0 saturated heterocycles. The summed E-state index contributed by atoms with van der Waals surface area (Å²) in [4.78, 5) is 11.4. The zero-order valence-corrected chi connectivity index (χ0v) is 16.7. The van der Waals surface area contributed by atoms with Crippen molar-refractivity contribution >= 4 is 67.1 Å². The second-order valence-corrected chi connectivity index (χ2v) is 8.85. The fraction of sp³-hybridized carbons (Fsp3) is 0.769. The molecule has 0 radical (unpaired) electrons. The lowest BCUT2D eigenvalue weighted by molar-refractivity contribution is -0.142. The van der Waals surface area contributed by atoms with Crippen molar-refractivity contribution in [2.45, 2.75) is 58.3 Å². The van der Waals surface area contributed by atoms with Crippen molar-refractivity contribution in [2.75, 3.05) is 6.61 Å². The molecule has 0 aliphatic carbocycles. The van der Waals surface area contributed by atoms with E-state index in [1.54, 1.807) is 0 Å². The second kappa shape index (κ2) is 13.1. The smallest absolute Gasteiger partial charge is 0.306 e. The molecule has 0 saturated carbocycles. The van der Waals surface area contributed by atoms with Crippen LogP contribution >= 0.6 is 61.1 Å². The van der Waals surface area contributed by atoms with E-state index in [0.29, 0.717) is 13.0 Å². The van der Waals surface area contributed by atoms with Gasteiger partial charge in [0.15, 0.2) is 0 Å². The van der Waals surface area contributed by atoms with Gasteiger partial charge in [0, 0.05) is 10.0 Å². The van der Waals surface area contributed by atoms with Crippen molar-refractivity contribution in [3.63, 3.8) is 0 Å². The summed E-state index contributed by atoms with van der Waals surface area (Å²) in [5.74, 6) is -0.0807. The predicted molar refractivity (Wildman–Crippen MR) is 97.6 cm³/mol. The van der Waals surface area contributed by atoms with Gasteiger partial charge >= 0.3 is 5.97 Å². The molecule has 0 aromatic rings. The van der Waals surface area contributed by atoms with Gasteiger partial charge in [-0.05, 0) is 67.5 Å². The van der Waals surface area contributed by atoms with Crippen molar-refractivity contribution in [3.8, 4) is 0 Å². The molecule has 0 N–H and O–H groups in total. The maximum absolute atomic E-state index is 11.4. The van der Waals surface area contributed by atoms with E-state index in [-0.39, 0.29) is 5.97 Å². The van der Waals surface area contributed by atoms with Gasteiger partial charge in [-0.15, -0.1) is 0 Å². The lowest BCUT2D eigenvalue weighted by atomic mass is 10.1. The van der Waals surface area contributed by atoms with Crippen molar-refractivity contribution in [2.24, 2.45) is 0 Å². The minimum atomic E-state index is -0.0807. The molecule has 0 amide bonds. The molecule has 0 aromatic carbocycles. The first-order valence-electron chi connectivity index (χ1n) is 6.43. The Bertz CT molecular complexity index is 264. The van der Waals surface area contributed by atoms with E-state index >= 15 is 0 Å². The molecule has 106 valence electrons. The molecule has 0 aliphatic heterocycles. The zero-order valence-electron chi connectivity index (χ0n) is 10.8. The minimum Gasteiger partial charge on any atom is -0.460 e. The van der Waals surface area contributed by atoms with Crippen LogP contribution in [0.5, 0.6) is 0 Å². The molecule has 18 heavy (non-hydrogen) atoms. The van der Waals surface area contributed by atoms with E-state index < -0.39 is 0 Å². The maximum Gasteiger partial charge on any atom is 0.306 e. The number of hydrogen-bond acceptors (Lipinski definition) is 2. The van der Waals surface area contributed by atoms with Gasteiger partial charge in [0.1, 0.15) is 6.61 Å². The molecular weight excluding hydrogens is 522 g/mol. The number of carbonyl (C=O) groups excluding carboxylic acids is 1. The third-order valence-corrected chi connectivity index (χ3v) is 6.30. The fourth-order valence-corrected chi connectivity index (χ4v) is 1.92. The molecule has 0 spiro atoms. The van der Waals surface area contributed by atoms with E-state index in [1.807, 2.05) is 0 Å². The van der Waals surface area contributed by atoms with Crippen LogP contribution < -0.4 is 0 Å². The van der Waals surface area contributed by atoms with E-state index in [9.17, 15) is 4.79 Å². The summed E-state index contributed by atoms with van der Waals surface area (Å²) in [5.41, 5.74) is 0. The molecule has 0 aromatic heterocycles. The summed E-state index contributed by atoms with van der Waals surface area (Å²) in [7, 11) is 0. The molecule has 0 fully saturated rings. The average Bonchev–Trinajstić information content (AvgIpc) is 2.34. The van der Waals surface area contributed by atoms with Gasteiger partial charge in [-0.25, -0.2) is 0 Å². The summed E-state index contributed by atoms with van der Waals surface area (Å²) in [5, 5.41) is 0. The highest BCUT2D eigenvalue weighted by atomic mass is 127. The molecular formula is C13H21BrI2O2. The molecule has 5 heteroatoms. The highest BCUT2D eigenvalue weighted by Gasteiger charge is 2.05. The van der Waals surface area contributed by atoms with Crippen molar-refractivity contribution in [1.82, 2.24) is 0 Å². The monoisotopic (exact) mass is 542 g/mol. The first-order chi connectivity index (χ1) is 8.57. The Labute approximate surface area is 146 Å².